The van der Waals surface area contributed by atoms with Gasteiger partial charge in [0.25, 0.3) is 11.6 Å². The lowest BCUT2D eigenvalue weighted by Gasteiger charge is -2.09. The van der Waals surface area contributed by atoms with Crippen molar-refractivity contribution in [2.24, 2.45) is 0 Å². The second-order valence-corrected chi connectivity index (χ2v) is 4.11. The average Bonchev–Trinajstić information content (AvgIpc) is 2.36. The van der Waals surface area contributed by atoms with Gasteiger partial charge in [-0.3, -0.25) is 14.9 Å². The van der Waals surface area contributed by atoms with Gasteiger partial charge in [0, 0.05) is 19.2 Å². The maximum absolute atomic E-state index is 11.9. The largest absolute Gasteiger partial charge is 0.393 e. The number of likely N-dealkylation sites (N-methyl/N-ethyl adjacent to an activating group) is 1. The van der Waals surface area contributed by atoms with Gasteiger partial charge in [0.1, 0.15) is 5.69 Å². The summed E-state index contributed by atoms with van der Waals surface area (Å²) in [7, 11) is 0. The number of aryl methyl sites for hydroxylation is 1. The van der Waals surface area contributed by atoms with Crippen LogP contribution in [0, 0.1) is 17.0 Å². The SMILES string of the molecule is CCNCCNC(=O)c1cc(C)cc([N+](=O)[O-])c1N. The molecular weight excluding hydrogens is 248 g/mol. The molecule has 0 radical (unpaired) electrons. The Balaban J connectivity index is 2.88. The highest BCUT2D eigenvalue weighted by molar-refractivity contribution is 6.01. The standard InChI is InChI=1S/C12H18N4O3/c1-3-14-4-5-15-12(17)9-6-8(2)7-10(11(9)13)16(18)19/h6-7,14H,3-5,13H2,1-2H3,(H,15,17). The van der Waals surface area contributed by atoms with Gasteiger partial charge in [0.15, 0.2) is 0 Å². The Hall–Kier alpha value is -2.15. The number of nitrogens with one attached hydrogen (secondary N) is 2. The van der Waals surface area contributed by atoms with Crippen LogP contribution in [0.25, 0.3) is 0 Å². The molecule has 1 rings (SSSR count). The first-order chi connectivity index (χ1) is 8.97. The Labute approximate surface area is 111 Å². The molecule has 0 unspecified atom stereocenters. The molecule has 0 atom stereocenters. The number of nitro benzene ring substituents is 1. The summed E-state index contributed by atoms with van der Waals surface area (Å²) in [5, 5.41) is 16.6. The first-order valence-corrected chi connectivity index (χ1v) is 6.00. The van der Waals surface area contributed by atoms with E-state index in [2.05, 4.69) is 10.6 Å². The molecule has 0 aliphatic carbocycles. The third-order valence-corrected chi connectivity index (χ3v) is 2.58. The summed E-state index contributed by atoms with van der Waals surface area (Å²) in [6.45, 7) is 5.53. The minimum atomic E-state index is -0.586. The van der Waals surface area contributed by atoms with Crippen LogP contribution in [0.15, 0.2) is 12.1 Å². The summed E-state index contributed by atoms with van der Waals surface area (Å²) in [5.74, 6) is -0.401. The number of hydrogen-bond donors (Lipinski definition) is 3. The summed E-state index contributed by atoms with van der Waals surface area (Å²) < 4.78 is 0. The van der Waals surface area contributed by atoms with E-state index >= 15 is 0 Å². The van der Waals surface area contributed by atoms with E-state index in [1.807, 2.05) is 6.92 Å². The quantitative estimate of drug-likeness (QED) is 0.305. The van der Waals surface area contributed by atoms with E-state index in [1.54, 1.807) is 13.0 Å². The molecule has 0 aromatic heterocycles. The maximum Gasteiger partial charge on any atom is 0.293 e. The second-order valence-electron chi connectivity index (χ2n) is 4.11. The van der Waals surface area contributed by atoms with Gasteiger partial charge in [-0.05, 0) is 25.1 Å². The van der Waals surface area contributed by atoms with Crippen LogP contribution in [-0.4, -0.2) is 30.5 Å². The number of anilines is 1. The number of carbonyl (C=O) groups is 1. The summed E-state index contributed by atoms with van der Waals surface area (Å²) in [4.78, 5) is 22.2. The Bertz CT molecular complexity index is 488. The zero-order valence-electron chi connectivity index (χ0n) is 11.0. The molecule has 7 heteroatoms. The molecule has 0 saturated heterocycles. The van der Waals surface area contributed by atoms with Gasteiger partial charge < -0.3 is 16.4 Å². The van der Waals surface area contributed by atoms with Gasteiger partial charge in [-0.2, -0.15) is 0 Å². The average molecular weight is 266 g/mol. The minimum absolute atomic E-state index is 0.100. The number of carbonyl (C=O) groups excluding carboxylic acids is 1. The third-order valence-electron chi connectivity index (χ3n) is 2.58. The van der Waals surface area contributed by atoms with E-state index < -0.39 is 10.8 Å². The zero-order chi connectivity index (χ0) is 14.4. The summed E-state index contributed by atoms with van der Waals surface area (Å²) in [6.07, 6.45) is 0. The highest BCUT2D eigenvalue weighted by atomic mass is 16.6. The fourth-order valence-electron chi connectivity index (χ4n) is 1.65. The first kappa shape index (κ1) is 14.9. The number of rotatable bonds is 6. The summed E-state index contributed by atoms with van der Waals surface area (Å²) >= 11 is 0. The Morgan fingerprint density at radius 1 is 1.42 bits per heavy atom. The molecule has 0 spiro atoms. The van der Waals surface area contributed by atoms with Gasteiger partial charge in [-0.1, -0.05) is 6.92 Å². The van der Waals surface area contributed by atoms with E-state index in [1.165, 1.54) is 6.07 Å². The summed E-state index contributed by atoms with van der Waals surface area (Å²) in [5.41, 5.74) is 6.09. The molecule has 0 aliphatic rings. The normalized spacial score (nSPS) is 10.2. The monoisotopic (exact) mass is 266 g/mol. The molecule has 1 aromatic rings. The molecular formula is C12H18N4O3. The van der Waals surface area contributed by atoms with Crippen molar-refractivity contribution >= 4 is 17.3 Å². The lowest BCUT2D eigenvalue weighted by atomic mass is 10.1. The van der Waals surface area contributed by atoms with Crippen LogP contribution in [0.4, 0.5) is 11.4 Å². The highest BCUT2D eigenvalue weighted by Gasteiger charge is 2.20. The van der Waals surface area contributed by atoms with Crippen LogP contribution in [0.1, 0.15) is 22.8 Å². The van der Waals surface area contributed by atoms with Crippen molar-refractivity contribution in [3.8, 4) is 0 Å². The van der Waals surface area contributed by atoms with Crippen LogP contribution in [0.5, 0.6) is 0 Å². The number of amides is 1. The van der Waals surface area contributed by atoms with Crippen molar-refractivity contribution in [2.75, 3.05) is 25.4 Å². The van der Waals surface area contributed by atoms with E-state index in [9.17, 15) is 14.9 Å². The lowest BCUT2D eigenvalue weighted by molar-refractivity contribution is -0.384. The van der Waals surface area contributed by atoms with Crippen molar-refractivity contribution in [3.63, 3.8) is 0 Å². The maximum atomic E-state index is 11.9. The van der Waals surface area contributed by atoms with Crippen molar-refractivity contribution < 1.29 is 9.72 Å². The Kier molecular flexibility index (Phi) is 5.25. The predicted molar refractivity (Wildman–Crippen MR) is 73.1 cm³/mol. The molecule has 1 amide bonds. The van der Waals surface area contributed by atoms with Gasteiger partial charge in [0.2, 0.25) is 0 Å². The molecule has 0 heterocycles. The van der Waals surface area contributed by atoms with Gasteiger partial charge >= 0.3 is 0 Å². The summed E-state index contributed by atoms with van der Waals surface area (Å²) in [6, 6.07) is 2.90. The molecule has 7 nitrogen and oxygen atoms in total. The lowest BCUT2D eigenvalue weighted by Crippen LogP contribution is -2.32. The number of nitrogen functional groups attached to an aromatic ring is 1. The molecule has 0 fully saturated rings. The van der Waals surface area contributed by atoms with Crippen molar-refractivity contribution in [1.82, 2.24) is 10.6 Å². The van der Waals surface area contributed by atoms with Gasteiger partial charge in [-0.15, -0.1) is 0 Å². The third kappa shape index (κ3) is 3.92. The molecule has 104 valence electrons. The van der Waals surface area contributed by atoms with Crippen LogP contribution in [0.2, 0.25) is 0 Å². The first-order valence-electron chi connectivity index (χ1n) is 6.00. The van der Waals surface area contributed by atoms with Gasteiger partial charge in [-0.25, -0.2) is 0 Å². The van der Waals surface area contributed by atoms with Crippen LogP contribution < -0.4 is 16.4 Å². The molecule has 0 bridgehead atoms. The number of nitrogens with two attached hydrogens (primary N) is 1. The smallest absolute Gasteiger partial charge is 0.293 e. The van der Waals surface area contributed by atoms with E-state index in [0.717, 1.165) is 6.54 Å². The predicted octanol–water partition coefficient (Wildman–Crippen LogP) is 0.825. The van der Waals surface area contributed by atoms with Crippen LogP contribution in [0.3, 0.4) is 0 Å². The molecule has 19 heavy (non-hydrogen) atoms. The molecule has 1 aromatic carbocycles. The Morgan fingerprint density at radius 3 is 2.68 bits per heavy atom. The molecule has 4 N–H and O–H groups in total. The van der Waals surface area contributed by atoms with E-state index in [4.69, 9.17) is 5.73 Å². The number of nitro groups is 1. The minimum Gasteiger partial charge on any atom is -0.393 e. The van der Waals surface area contributed by atoms with Crippen molar-refractivity contribution in [3.05, 3.63) is 33.4 Å². The number of hydrogen-bond acceptors (Lipinski definition) is 5. The van der Waals surface area contributed by atoms with Crippen molar-refractivity contribution in [1.29, 1.82) is 0 Å². The van der Waals surface area contributed by atoms with E-state index in [0.29, 0.717) is 18.7 Å². The zero-order valence-corrected chi connectivity index (χ0v) is 11.0. The number of benzene rings is 1. The van der Waals surface area contributed by atoms with E-state index in [-0.39, 0.29) is 16.9 Å². The molecule has 0 saturated carbocycles. The topological polar surface area (TPSA) is 110 Å². The number of nitrogens with zero attached hydrogens (tertiary/aromatic N) is 1. The van der Waals surface area contributed by atoms with Crippen LogP contribution >= 0.6 is 0 Å². The van der Waals surface area contributed by atoms with Gasteiger partial charge in [0.05, 0.1) is 10.5 Å². The molecule has 0 aliphatic heterocycles. The highest BCUT2D eigenvalue weighted by Crippen LogP contribution is 2.26. The Morgan fingerprint density at radius 2 is 2.11 bits per heavy atom. The van der Waals surface area contributed by atoms with Crippen LogP contribution in [-0.2, 0) is 0 Å². The van der Waals surface area contributed by atoms with Crippen molar-refractivity contribution in [2.45, 2.75) is 13.8 Å². The fraction of sp³-hybridized carbons (Fsp3) is 0.417. The second kappa shape index (κ2) is 6.69. The fourth-order valence-corrected chi connectivity index (χ4v) is 1.65.